The Balaban J connectivity index is 1.80. The third-order valence-electron chi connectivity index (χ3n) is 3.10. The van der Waals surface area contributed by atoms with Gasteiger partial charge in [-0.2, -0.15) is 0 Å². The third kappa shape index (κ3) is 4.03. The van der Waals surface area contributed by atoms with E-state index in [-0.39, 0.29) is 5.91 Å². The van der Waals surface area contributed by atoms with Gasteiger partial charge in [-0.25, -0.2) is 4.79 Å². The van der Waals surface area contributed by atoms with Crippen LogP contribution in [-0.2, 0) is 4.79 Å². The van der Waals surface area contributed by atoms with Gasteiger partial charge in [-0.05, 0) is 58.5 Å². The summed E-state index contributed by atoms with van der Waals surface area (Å²) in [5.74, 6) is -0.217. The molecule has 0 unspecified atom stereocenters. The molecule has 0 aliphatic carbocycles. The van der Waals surface area contributed by atoms with Gasteiger partial charge >= 0.3 is 5.97 Å². The van der Waals surface area contributed by atoms with Gasteiger partial charge in [0.2, 0.25) is 0 Å². The van der Waals surface area contributed by atoms with Gasteiger partial charge in [0.05, 0.1) is 10.5 Å². The predicted molar refractivity (Wildman–Crippen MR) is 107 cm³/mol. The van der Waals surface area contributed by atoms with Gasteiger partial charge < -0.3 is 10.1 Å². The van der Waals surface area contributed by atoms with Crippen LogP contribution < -0.4 is 10.1 Å². The summed E-state index contributed by atoms with van der Waals surface area (Å²) in [7, 11) is 0. The number of rotatable bonds is 3. The second-order valence-corrected chi connectivity index (χ2v) is 7.68. The summed E-state index contributed by atoms with van der Waals surface area (Å²) < 4.78 is 6.69. The number of thioether (sulfide) groups is 1. The topological polar surface area (TPSA) is 55.4 Å². The highest BCUT2D eigenvalue weighted by Crippen LogP contribution is 2.27. The van der Waals surface area contributed by atoms with E-state index in [2.05, 4.69) is 27.9 Å². The summed E-state index contributed by atoms with van der Waals surface area (Å²) >= 11 is 8.26. The number of esters is 1. The zero-order valence-electron chi connectivity index (χ0n) is 12.1. The van der Waals surface area contributed by atoms with Crippen LogP contribution in [0, 0.1) is 3.57 Å². The van der Waals surface area contributed by atoms with E-state index in [1.807, 2.05) is 18.2 Å². The molecular formula is C17H10INO3S2. The highest BCUT2D eigenvalue weighted by molar-refractivity contribution is 14.1. The molecule has 1 N–H and O–H groups in total. The number of hydrogen-bond acceptors (Lipinski definition) is 5. The van der Waals surface area contributed by atoms with Gasteiger partial charge in [-0.3, -0.25) is 4.79 Å². The molecule has 0 spiro atoms. The molecule has 1 aliphatic heterocycles. The Morgan fingerprint density at radius 3 is 2.71 bits per heavy atom. The molecule has 3 rings (SSSR count). The van der Waals surface area contributed by atoms with Crippen LogP contribution >= 0.6 is 46.6 Å². The van der Waals surface area contributed by atoms with Crippen LogP contribution in [0.4, 0.5) is 0 Å². The Hall–Kier alpha value is -1.71. The molecule has 2 aromatic rings. The first kappa shape index (κ1) is 17.1. The zero-order valence-corrected chi connectivity index (χ0v) is 15.9. The zero-order chi connectivity index (χ0) is 17.1. The maximum absolute atomic E-state index is 12.3. The van der Waals surface area contributed by atoms with E-state index in [0.29, 0.717) is 20.5 Å². The smallest absolute Gasteiger partial charge is 0.344 e. The van der Waals surface area contributed by atoms with E-state index in [1.54, 1.807) is 36.4 Å². The molecule has 1 fully saturated rings. The molecule has 0 aromatic heterocycles. The Morgan fingerprint density at radius 2 is 2.00 bits per heavy atom. The van der Waals surface area contributed by atoms with E-state index in [1.165, 1.54) is 11.8 Å². The van der Waals surface area contributed by atoms with Gasteiger partial charge in [0.25, 0.3) is 5.91 Å². The summed E-state index contributed by atoms with van der Waals surface area (Å²) in [5.41, 5.74) is 1.27. The van der Waals surface area contributed by atoms with Gasteiger partial charge in [-0.15, -0.1) is 0 Å². The first-order valence-electron chi connectivity index (χ1n) is 6.84. The fraction of sp³-hybridized carbons (Fsp3) is 0. The fourth-order valence-electron chi connectivity index (χ4n) is 2.03. The lowest BCUT2D eigenvalue weighted by atomic mass is 10.2. The molecule has 24 heavy (non-hydrogen) atoms. The van der Waals surface area contributed by atoms with Crippen molar-refractivity contribution in [3.05, 3.63) is 68.1 Å². The summed E-state index contributed by atoms with van der Waals surface area (Å²) in [4.78, 5) is 24.5. The summed E-state index contributed by atoms with van der Waals surface area (Å²) in [6.45, 7) is 0. The van der Waals surface area contributed by atoms with Gasteiger partial charge in [-0.1, -0.05) is 48.2 Å². The molecule has 7 heteroatoms. The minimum Gasteiger partial charge on any atom is -0.423 e. The van der Waals surface area contributed by atoms with Crippen molar-refractivity contribution in [1.29, 1.82) is 0 Å². The van der Waals surface area contributed by atoms with Crippen LogP contribution in [0.1, 0.15) is 15.9 Å². The molecule has 1 saturated heterocycles. The SMILES string of the molecule is O=C1NC(=S)SC1=Cc1cccc(OC(=O)c2ccccc2I)c1. The molecule has 0 bridgehead atoms. The quantitative estimate of drug-likeness (QED) is 0.243. The number of carbonyl (C=O) groups excluding carboxylic acids is 2. The van der Waals surface area contributed by atoms with Crippen LogP contribution in [0.25, 0.3) is 6.08 Å². The van der Waals surface area contributed by atoms with Gasteiger partial charge in [0, 0.05) is 3.57 Å². The molecule has 1 amide bonds. The molecule has 2 aromatic carbocycles. The van der Waals surface area contributed by atoms with Crippen LogP contribution in [0.2, 0.25) is 0 Å². The minimum absolute atomic E-state index is 0.216. The normalized spacial score (nSPS) is 15.5. The van der Waals surface area contributed by atoms with E-state index in [9.17, 15) is 9.59 Å². The van der Waals surface area contributed by atoms with Crippen molar-refractivity contribution < 1.29 is 14.3 Å². The summed E-state index contributed by atoms with van der Waals surface area (Å²) in [6, 6.07) is 14.2. The van der Waals surface area contributed by atoms with Crippen molar-refractivity contribution in [1.82, 2.24) is 5.32 Å². The van der Waals surface area contributed by atoms with E-state index >= 15 is 0 Å². The number of benzene rings is 2. The number of nitrogens with one attached hydrogen (secondary N) is 1. The average molecular weight is 467 g/mol. The maximum atomic E-state index is 12.3. The second-order valence-electron chi connectivity index (χ2n) is 4.79. The number of ether oxygens (including phenoxy) is 1. The van der Waals surface area contributed by atoms with Crippen LogP contribution in [0.3, 0.4) is 0 Å². The number of amides is 1. The first-order chi connectivity index (χ1) is 11.5. The number of halogens is 1. The predicted octanol–water partition coefficient (Wildman–Crippen LogP) is 4.00. The van der Waals surface area contributed by atoms with Crippen LogP contribution in [0.5, 0.6) is 5.75 Å². The highest BCUT2D eigenvalue weighted by atomic mass is 127. The second kappa shape index (κ2) is 7.45. The first-order valence-corrected chi connectivity index (χ1v) is 9.15. The Morgan fingerprint density at radius 1 is 1.21 bits per heavy atom. The van der Waals surface area contributed by atoms with Gasteiger partial charge in [0.1, 0.15) is 10.1 Å². The van der Waals surface area contributed by atoms with Crippen LogP contribution in [-0.4, -0.2) is 16.2 Å². The fourth-order valence-corrected chi connectivity index (χ4v) is 3.68. The standard InChI is InChI=1S/C17H10INO3S2/c18-13-7-2-1-6-12(13)16(21)22-11-5-3-4-10(8-11)9-14-15(20)19-17(23)24-14/h1-9H,(H,19,20,23). The number of thiocarbonyl (C=S) groups is 1. The highest BCUT2D eigenvalue weighted by Gasteiger charge is 2.22. The van der Waals surface area contributed by atoms with E-state index in [4.69, 9.17) is 17.0 Å². The molecule has 0 radical (unpaired) electrons. The summed E-state index contributed by atoms with van der Waals surface area (Å²) in [5, 5.41) is 2.56. The molecule has 4 nitrogen and oxygen atoms in total. The monoisotopic (exact) mass is 467 g/mol. The van der Waals surface area contributed by atoms with Crippen molar-refractivity contribution in [3.63, 3.8) is 0 Å². The Bertz CT molecular complexity index is 880. The van der Waals surface area contributed by atoms with Crippen LogP contribution in [0.15, 0.2) is 53.4 Å². The molecule has 0 atom stereocenters. The summed E-state index contributed by atoms with van der Waals surface area (Å²) in [6.07, 6.45) is 1.71. The lowest BCUT2D eigenvalue weighted by molar-refractivity contribution is -0.115. The Labute approximate surface area is 161 Å². The van der Waals surface area contributed by atoms with Crippen molar-refractivity contribution in [2.75, 3.05) is 0 Å². The van der Waals surface area contributed by atoms with Gasteiger partial charge in [0.15, 0.2) is 0 Å². The van der Waals surface area contributed by atoms with Crippen molar-refractivity contribution in [2.45, 2.75) is 0 Å². The van der Waals surface area contributed by atoms with E-state index in [0.717, 1.165) is 9.13 Å². The van der Waals surface area contributed by atoms with E-state index < -0.39 is 5.97 Å². The lowest BCUT2D eigenvalue weighted by Gasteiger charge is -2.06. The molecule has 120 valence electrons. The molecular weight excluding hydrogens is 457 g/mol. The Kier molecular flexibility index (Phi) is 5.32. The number of carbonyl (C=O) groups is 2. The molecule has 1 aliphatic rings. The third-order valence-corrected chi connectivity index (χ3v) is 5.21. The molecule has 1 heterocycles. The van der Waals surface area contributed by atoms with Crippen molar-refractivity contribution in [2.24, 2.45) is 0 Å². The van der Waals surface area contributed by atoms with Crippen molar-refractivity contribution in [3.8, 4) is 5.75 Å². The average Bonchev–Trinajstić information content (AvgIpc) is 2.85. The largest absolute Gasteiger partial charge is 0.423 e. The minimum atomic E-state index is -0.418. The molecule has 0 saturated carbocycles. The lowest BCUT2D eigenvalue weighted by Crippen LogP contribution is -2.17. The number of hydrogen-bond donors (Lipinski definition) is 1. The maximum Gasteiger partial charge on any atom is 0.344 e. The van der Waals surface area contributed by atoms with Crippen molar-refractivity contribution >= 4 is 68.8 Å².